The first-order valence-electron chi connectivity index (χ1n) is 6.92. The van der Waals surface area contributed by atoms with Gasteiger partial charge in [-0.2, -0.15) is 0 Å². The van der Waals surface area contributed by atoms with Crippen molar-refractivity contribution in [2.45, 2.75) is 58.7 Å². The molecular formula is C14H24N4. The highest BCUT2D eigenvalue weighted by Crippen LogP contribution is 2.27. The first-order chi connectivity index (χ1) is 8.63. The van der Waals surface area contributed by atoms with E-state index >= 15 is 0 Å². The molecule has 4 heteroatoms. The fourth-order valence-corrected chi connectivity index (χ4v) is 2.84. The van der Waals surface area contributed by atoms with Crippen LogP contribution in [0.15, 0.2) is 6.07 Å². The minimum atomic E-state index is 0.650. The van der Waals surface area contributed by atoms with Gasteiger partial charge in [-0.25, -0.2) is 9.97 Å². The first-order valence-corrected chi connectivity index (χ1v) is 6.92. The summed E-state index contributed by atoms with van der Waals surface area (Å²) in [6.07, 6.45) is 3.82. The number of rotatable bonds is 4. The molecule has 2 heterocycles. The molecule has 2 rings (SSSR count). The lowest BCUT2D eigenvalue weighted by Crippen LogP contribution is -2.34. The van der Waals surface area contributed by atoms with Crippen LogP contribution in [0.2, 0.25) is 0 Å². The predicted octanol–water partition coefficient (Wildman–Crippen LogP) is 2.59. The summed E-state index contributed by atoms with van der Waals surface area (Å²) < 4.78 is 0. The van der Waals surface area contributed by atoms with Crippen molar-refractivity contribution in [3.05, 3.63) is 17.6 Å². The van der Waals surface area contributed by atoms with Crippen LogP contribution in [0.25, 0.3) is 0 Å². The van der Waals surface area contributed by atoms with E-state index in [1.807, 2.05) is 20.0 Å². The summed E-state index contributed by atoms with van der Waals surface area (Å²) in [6.45, 7) is 7.48. The van der Waals surface area contributed by atoms with Gasteiger partial charge in [-0.3, -0.25) is 4.90 Å². The fourth-order valence-electron chi connectivity index (χ4n) is 2.84. The van der Waals surface area contributed by atoms with Gasteiger partial charge in [-0.05, 0) is 33.1 Å². The van der Waals surface area contributed by atoms with Crippen LogP contribution in [0.5, 0.6) is 0 Å². The van der Waals surface area contributed by atoms with E-state index in [1.165, 1.54) is 19.3 Å². The fraction of sp³-hybridized carbons (Fsp3) is 0.714. The molecule has 0 saturated carbocycles. The summed E-state index contributed by atoms with van der Waals surface area (Å²) in [7, 11) is 1.90. The zero-order valence-electron chi connectivity index (χ0n) is 11.9. The topological polar surface area (TPSA) is 41.1 Å². The molecular weight excluding hydrogens is 224 g/mol. The Morgan fingerprint density at radius 3 is 2.83 bits per heavy atom. The molecule has 1 fully saturated rings. The number of nitrogens with zero attached hydrogens (tertiary/aromatic N) is 3. The quantitative estimate of drug-likeness (QED) is 0.889. The van der Waals surface area contributed by atoms with Crippen molar-refractivity contribution in [3.63, 3.8) is 0 Å². The Labute approximate surface area is 110 Å². The maximum absolute atomic E-state index is 4.56. The van der Waals surface area contributed by atoms with Gasteiger partial charge in [0.05, 0.1) is 6.54 Å². The van der Waals surface area contributed by atoms with Crippen molar-refractivity contribution in [2.75, 3.05) is 12.4 Å². The molecule has 0 bridgehead atoms. The molecule has 1 saturated heterocycles. The Morgan fingerprint density at radius 1 is 1.39 bits per heavy atom. The monoisotopic (exact) mass is 248 g/mol. The third kappa shape index (κ3) is 2.80. The van der Waals surface area contributed by atoms with E-state index in [9.17, 15) is 0 Å². The van der Waals surface area contributed by atoms with Crippen molar-refractivity contribution in [2.24, 2.45) is 0 Å². The molecule has 100 valence electrons. The first kappa shape index (κ1) is 13.3. The van der Waals surface area contributed by atoms with Crippen LogP contribution in [0.3, 0.4) is 0 Å². The summed E-state index contributed by atoms with van der Waals surface area (Å²) in [5.41, 5.74) is 1.03. The second-order valence-electron chi connectivity index (χ2n) is 5.22. The van der Waals surface area contributed by atoms with E-state index in [4.69, 9.17) is 0 Å². The van der Waals surface area contributed by atoms with Crippen molar-refractivity contribution < 1.29 is 0 Å². The standard InChI is InChI=1S/C14H24N4/c1-5-12-7-6-11(3)18(12)9-14-16-10(2)8-13(15-4)17-14/h8,11-12H,5-7,9H2,1-4H3,(H,15,16,17). The van der Waals surface area contributed by atoms with Gasteiger partial charge in [0.25, 0.3) is 0 Å². The van der Waals surface area contributed by atoms with E-state index in [2.05, 4.69) is 34.0 Å². The average molecular weight is 248 g/mol. The molecule has 0 spiro atoms. The number of aromatic nitrogens is 2. The summed E-state index contributed by atoms with van der Waals surface area (Å²) in [5.74, 6) is 1.85. The molecule has 0 aliphatic carbocycles. The van der Waals surface area contributed by atoms with E-state index < -0.39 is 0 Å². The molecule has 1 aromatic heterocycles. The Morgan fingerprint density at radius 2 is 2.17 bits per heavy atom. The zero-order chi connectivity index (χ0) is 13.1. The van der Waals surface area contributed by atoms with Gasteiger partial charge in [-0.1, -0.05) is 6.92 Å². The molecule has 1 aliphatic heterocycles. The number of aryl methyl sites for hydroxylation is 1. The van der Waals surface area contributed by atoms with Gasteiger partial charge in [0.15, 0.2) is 0 Å². The summed E-state index contributed by atoms with van der Waals surface area (Å²) in [5, 5.41) is 3.10. The second kappa shape index (κ2) is 5.65. The normalized spacial score (nSPS) is 24.4. The summed E-state index contributed by atoms with van der Waals surface area (Å²) in [4.78, 5) is 11.7. The van der Waals surface area contributed by atoms with Crippen LogP contribution in [-0.4, -0.2) is 34.0 Å². The van der Waals surface area contributed by atoms with Gasteiger partial charge < -0.3 is 5.32 Å². The molecule has 2 unspecified atom stereocenters. The van der Waals surface area contributed by atoms with Crippen molar-refractivity contribution >= 4 is 5.82 Å². The molecule has 18 heavy (non-hydrogen) atoms. The molecule has 1 N–H and O–H groups in total. The van der Waals surface area contributed by atoms with Crippen LogP contribution >= 0.6 is 0 Å². The number of likely N-dealkylation sites (tertiary alicyclic amines) is 1. The predicted molar refractivity (Wildman–Crippen MR) is 74.6 cm³/mol. The largest absolute Gasteiger partial charge is 0.373 e. The number of hydrogen-bond donors (Lipinski definition) is 1. The lowest BCUT2D eigenvalue weighted by Gasteiger charge is -2.27. The minimum absolute atomic E-state index is 0.650. The summed E-state index contributed by atoms with van der Waals surface area (Å²) >= 11 is 0. The molecule has 2 atom stereocenters. The van der Waals surface area contributed by atoms with Gasteiger partial charge >= 0.3 is 0 Å². The SMILES string of the molecule is CCC1CCC(C)N1Cc1nc(C)cc(NC)n1. The highest BCUT2D eigenvalue weighted by atomic mass is 15.2. The van der Waals surface area contributed by atoms with E-state index in [-0.39, 0.29) is 0 Å². The van der Waals surface area contributed by atoms with Gasteiger partial charge in [0, 0.05) is 30.9 Å². The highest BCUT2D eigenvalue weighted by Gasteiger charge is 2.29. The molecule has 1 aliphatic rings. The Hall–Kier alpha value is -1.16. The number of nitrogens with one attached hydrogen (secondary N) is 1. The van der Waals surface area contributed by atoms with Gasteiger partial charge in [-0.15, -0.1) is 0 Å². The molecule has 0 aromatic carbocycles. The van der Waals surface area contributed by atoms with Crippen LogP contribution in [0.1, 0.15) is 44.6 Å². The minimum Gasteiger partial charge on any atom is -0.373 e. The van der Waals surface area contributed by atoms with Gasteiger partial charge in [0.1, 0.15) is 11.6 Å². The second-order valence-corrected chi connectivity index (χ2v) is 5.22. The Bertz CT molecular complexity index is 405. The number of hydrogen-bond acceptors (Lipinski definition) is 4. The van der Waals surface area contributed by atoms with Crippen LogP contribution < -0.4 is 5.32 Å². The van der Waals surface area contributed by atoms with Crippen molar-refractivity contribution in [1.82, 2.24) is 14.9 Å². The van der Waals surface area contributed by atoms with Gasteiger partial charge in [0.2, 0.25) is 0 Å². The molecule has 0 amide bonds. The van der Waals surface area contributed by atoms with Crippen molar-refractivity contribution in [1.29, 1.82) is 0 Å². The van der Waals surface area contributed by atoms with Crippen LogP contribution in [0, 0.1) is 6.92 Å². The van der Waals surface area contributed by atoms with E-state index in [0.29, 0.717) is 12.1 Å². The Balaban J connectivity index is 2.15. The maximum atomic E-state index is 4.56. The zero-order valence-corrected chi connectivity index (χ0v) is 11.9. The van der Waals surface area contributed by atoms with Crippen LogP contribution in [-0.2, 0) is 6.54 Å². The molecule has 0 radical (unpaired) electrons. The van der Waals surface area contributed by atoms with E-state index in [1.54, 1.807) is 0 Å². The lowest BCUT2D eigenvalue weighted by molar-refractivity contribution is 0.185. The van der Waals surface area contributed by atoms with Crippen LogP contribution in [0.4, 0.5) is 5.82 Å². The maximum Gasteiger partial charge on any atom is 0.144 e. The third-order valence-electron chi connectivity index (χ3n) is 3.90. The number of anilines is 1. The third-order valence-corrected chi connectivity index (χ3v) is 3.90. The smallest absolute Gasteiger partial charge is 0.144 e. The lowest BCUT2D eigenvalue weighted by atomic mass is 10.1. The van der Waals surface area contributed by atoms with E-state index in [0.717, 1.165) is 23.9 Å². The van der Waals surface area contributed by atoms with Crippen molar-refractivity contribution in [3.8, 4) is 0 Å². The Kier molecular flexibility index (Phi) is 4.17. The molecule has 4 nitrogen and oxygen atoms in total. The average Bonchev–Trinajstić information content (AvgIpc) is 2.70. The summed E-state index contributed by atoms with van der Waals surface area (Å²) in [6, 6.07) is 3.33. The molecule has 1 aromatic rings. The highest BCUT2D eigenvalue weighted by molar-refractivity contribution is 5.34.